The number of halogens is 1. The molecule has 0 aliphatic heterocycles. The van der Waals surface area contributed by atoms with Crippen molar-refractivity contribution in [2.45, 2.75) is 25.3 Å². The Kier molecular flexibility index (Phi) is 3.48. The maximum atomic E-state index is 13.9. The van der Waals surface area contributed by atoms with Gasteiger partial charge in [0.25, 0.3) is 0 Å². The molecule has 18 heavy (non-hydrogen) atoms. The number of hydrogen-bond acceptors (Lipinski definition) is 2. The van der Waals surface area contributed by atoms with Crippen LogP contribution >= 0.6 is 0 Å². The predicted octanol–water partition coefficient (Wildman–Crippen LogP) is 2.37. The zero-order chi connectivity index (χ0) is 13.2. The van der Waals surface area contributed by atoms with Gasteiger partial charge in [-0.2, -0.15) is 5.10 Å². The summed E-state index contributed by atoms with van der Waals surface area (Å²) in [5.41, 5.74) is 7.10. The highest BCUT2D eigenvalue weighted by Gasteiger charge is 2.29. The summed E-state index contributed by atoms with van der Waals surface area (Å²) in [5.74, 6) is -0.252. The van der Waals surface area contributed by atoms with Crippen LogP contribution in [0.3, 0.4) is 0 Å². The Labute approximate surface area is 106 Å². The van der Waals surface area contributed by atoms with Gasteiger partial charge >= 0.3 is 0 Å². The fraction of sp³-hybridized carbons (Fsp3) is 0.357. The summed E-state index contributed by atoms with van der Waals surface area (Å²) in [7, 11) is 1.86. The summed E-state index contributed by atoms with van der Waals surface area (Å²) < 4.78 is 15.6. The molecule has 0 radical (unpaired) electrons. The van der Waals surface area contributed by atoms with Gasteiger partial charge in [-0.3, -0.25) is 4.68 Å². The highest BCUT2D eigenvalue weighted by molar-refractivity contribution is 5.27. The monoisotopic (exact) mass is 247 g/mol. The van der Waals surface area contributed by atoms with Gasteiger partial charge in [-0.1, -0.05) is 25.1 Å². The van der Waals surface area contributed by atoms with Crippen LogP contribution < -0.4 is 5.73 Å². The molecular formula is C14H18FN3. The maximum Gasteiger partial charge on any atom is 0.128 e. The molecule has 1 atom stereocenters. The van der Waals surface area contributed by atoms with Crippen LogP contribution in [0.4, 0.5) is 4.39 Å². The molecule has 1 aromatic carbocycles. The average molecular weight is 247 g/mol. The molecule has 0 amide bonds. The Morgan fingerprint density at radius 2 is 2.06 bits per heavy atom. The second-order valence-corrected chi connectivity index (χ2v) is 4.65. The number of nitrogens with zero attached hydrogens (tertiary/aromatic N) is 2. The number of nitrogens with two attached hydrogens (primary N) is 1. The van der Waals surface area contributed by atoms with Gasteiger partial charge in [-0.05, 0) is 18.6 Å². The zero-order valence-corrected chi connectivity index (χ0v) is 10.7. The van der Waals surface area contributed by atoms with Crippen molar-refractivity contribution in [1.29, 1.82) is 0 Å². The first-order chi connectivity index (χ1) is 8.55. The lowest BCUT2D eigenvalue weighted by Gasteiger charge is -2.28. The van der Waals surface area contributed by atoms with Crippen LogP contribution in [0.5, 0.6) is 0 Å². The minimum Gasteiger partial charge on any atom is -0.321 e. The minimum atomic E-state index is -0.709. The third-order valence-corrected chi connectivity index (χ3v) is 3.31. The number of aromatic nitrogens is 2. The van der Waals surface area contributed by atoms with Crippen LogP contribution in [-0.2, 0) is 19.0 Å². The predicted molar refractivity (Wildman–Crippen MR) is 69.5 cm³/mol. The van der Waals surface area contributed by atoms with Gasteiger partial charge in [0.2, 0.25) is 0 Å². The van der Waals surface area contributed by atoms with Crippen LogP contribution in [0, 0.1) is 5.82 Å². The average Bonchev–Trinajstić information content (AvgIpc) is 2.75. The van der Waals surface area contributed by atoms with Crippen molar-refractivity contribution in [3.63, 3.8) is 0 Å². The standard InChI is InChI=1S/C14H18FN3/c1-3-14(16,10-11-8-9-18(2)17-11)12-6-4-5-7-13(12)15/h4-9H,3,10,16H2,1-2H3. The van der Waals surface area contributed by atoms with E-state index in [1.165, 1.54) is 6.07 Å². The van der Waals surface area contributed by atoms with E-state index in [-0.39, 0.29) is 5.82 Å². The van der Waals surface area contributed by atoms with Gasteiger partial charge in [0, 0.05) is 30.8 Å². The van der Waals surface area contributed by atoms with Crippen molar-refractivity contribution in [3.05, 3.63) is 53.6 Å². The SMILES string of the molecule is CCC(N)(Cc1ccn(C)n1)c1ccccc1F. The fourth-order valence-corrected chi connectivity index (χ4v) is 2.16. The Morgan fingerprint density at radius 1 is 1.33 bits per heavy atom. The van der Waals surface area contributed by atoms with Crippen LogP contribution in [-0.4, -0.2) is 9.78 Å². The Bertz CT molecular complexity index is 535. The largest absolute Gasteiger partial charge is 0.321 e. The van der Waals surface area contributed by atoms with E-state index in [4.69, 9.17) is 5.73 Å². The second-order valence-electron chi connectivity index (χ2n) is 4.65. The lowest BCUT2D eigenvalue weighted by molar-refractivity contribution is 0.397. The molecule has 2 aromatic rings. The van der Waals surface area contributed by atoms with E-state index in [1.807, 2.05) is 32.3 Å². The Morgan fingerprint density at radius 3 is 2.61 bits per heavy atom. The molecule has 1 heterocycles. The molecule has 2 rings (SSSR count). The topological polar surface area (TPSA) is 43.8 Å². The van der Waals surface area contributed by atoms with E-state index in [2.05, 4.69) is 5.10 Å². The summed E-state index contributed by atoms with van der Waals surface area (Å²) in [6.07, 6.45) is 3.06. The van der Waals surface area contributed by atoms with Crippen molar-refractivity contribution < 1.29 is 4.39 Å². The lowest BCUT2D eigenvalue weighted by atomic mass is 9.84. The molecule has 0 aliphatic carbocycles. The molecule has 3 nitrogen and oxygen atoms in total. The molecule has 0 bridgehead atoms. The second kappa shape index (κ2) is 4.90. The normalized spacial score (nSPS) is 14.4. The highest BCUT2D eigenvalue weighted by atomic mass is 19.1. The quantitative estimate of drug-likeness (QED) is 0.901. The van der Waals surface area contributed by atoms with Crippen molar-refractivity contribution >= 4 is 0 Å². The van der Waals surface area contributed by atoms with Crippen molar-refractivity contribution in [1.82, 2.24) is 9.78 Å². The molecule has 0 fully saturated rings. The molecule has 0 spiro atoms. The van der Waals surface area contributed by atoms with Crippen LogP contribution in [0.15, 0.2) is 36.5 Å². The number of hydrogen-bond donors (Lipinski definition) is 1. The summed E-state index contributed by atoms with van der Waals surface area (Å²) >= 11 is 0. The van der Waals surface area contributed by atoms with E-state index in [9.17, 15) is 4.39 Å². The van der Waals surface area contributed by atoms with Crippen molar-refractivity contribution in [2.24, 2.45) is 12.8 Å². The van der Waals surface area contributed by atoms with E-state index in [1.54, 1.807) is 16.8 Å². The highest BCUT2D eigenvalue weighted by Crippen LogP contribution is 2.28. The van der Waals surface area contributed by atoms with Crippen molar-refractivity contribution in [2.75, 3.05) is 0 Å². The van der Waals surface area contributed by atoms with E-state index < -0.39 is 5.54 Å². The molecule has 0 aliphatic rings. The molecule has 1 unspecified atom stereocenters. The van der Waals surface area contributed by atoms with E-state index in [0.717, 1.165) is 5.69 Å². The third kappa shape index (κ3) is 2.43. The first kappa shape index (κ1) is 12.8. The summed E-state index contributed by atoms with van der Waals surface area (Å²) in [6, 6.07) is 8.61. The minimum absolute atomic E-state index is 0.252. The fourth-order valence-electron chi connectivity index (χ4n) is 2.16. The molecule has 0 saturated carbocycles. The molecule has 2 N–H and O–H groups in total. The van der Waals surface area contributed by atoms with Gasteiger partial charge in [-0.15, -0.1) is 0 Å². The van der Waals surface area contributed by atoms with Gasteiger partial charge in [0.15, 0.2) is 0 Å². The van der Waals surface area contributed by atoms with Crippen molar-refractivity contribution in [3.8, 4) is 0 Å². The third-order valence-electron chi connectivity index (χ3n) is 3.31. The maximum absolute atomic E-state index is 13.9. The van der Waals surface area contributed by atoms with Crippen LogP contribution in [0.25, 0.3) is 0 Å². The van der Waals surface area contributed by atoms with Gasteiger partial charge in [-0.25, -0.2) is 4.39 Å². The lowest BCUT2D eigenvalue weighted by Crippen LogP contribution is -2.39. The summed E-state index contributed by atoms with van der Waals surface area (Å²) in [5, 5.41) is 4.31. The summed E-state index contributed by atoms with van der Waals surface area (Å²) in [4.78, 5) is 0. The molecule has 0 saturated heterocycles. The first-order valence-corrected chi connectivity index (χ1v) is 6.07. The van der Waals surface area contributed by atoms with Gasteiger partial charge in [0.05, 0.1) is 5.69 Å². The molecule has 1 aromatic heterocycles. The molecular weight excluding hydrogens is 229 g/mol. The number of rotatable bonds is 4. The smallest absolute Gasteiger partial charge is 0.128 e. The number of aryl methyl sites for hydroxylation is 1. The zero-order valence-electron chi connectivity index (χ0n) is 10.7. The Balaban J connectivity index is 2.33. The molecule has 4 heteroatoms. The number of benzene rings is 1. The van der Waals surface area contributed by atoms with Gasteiger partial charge < -0.3 is 5.73 Å². The summed E-state index contributed by atoms with van der Waals surface area (Å²) in [6.45, 7) is 1.97. The van der Waals surface area contributed by atoms with E-state index in [0.29, 0.717) is 18.4 Å². The van der Waals surface area contributed by atoms with Crippen LogP contribution in [0.2, 0.25) is 0 Å². The van der Waals surface area contributed by atoms with Gasteiger partial charge in [0.1, 0.15) is 5.82 Å². The Hall–Kier alpha value is -1.68. The molecule has 96 valence electrons. The van der Waals surface area contributed by atoms with E-state index >= 15 is 0 Å². The first-order valence-electron chi connectivity index (χ1n) is 6.07. The van der Waals surface area contributed by atoms with Crippen LogP contribution in [0.1, 0.15) is 24.6 Å².